The van der Waals surface area contributed by atoms with E-state index in [0.717, 1.165) is 35.5 Å². The van der Waals surface area contributed by atoms with E-state index < -0.39 is 0 Å². The van der Waals surface area contributed by atoms with Gasteiger partial charge < -0.3 is 5.32 Å². The predicted molar refractivity (Wildman–Crippen MR) is 72.7 cm³/mol. The summed E-state index contributed by atoms with van der Waals surface area (Å²) >= 11 is 0. The van der Waals surface area contributed by atoms with Crippen LogP contribution in [-0.4, -0.2) is 21.1 Å². The average Bonchev–Trinajstić information content (AvgIpc) is 2.93. The van der Waals surface area contributed by atoms with Gasteiger partial charge in [-0.3, -0.25) is 0 Å². The zero-order chi connectivity index (χ0) is 12.5. The zero-order valence-corrected chi connectivity index (χ0v) is 11.1. The van der Waals surface area contributed by atoms with Gasteiger partial charge in [-0.25, -0.2) is 4.52 Å². The van der Waals surface area contributed by atoms with Crippen LogP contribution in [0.15, 0.2) is 18.3 Å². The maximum absolute atomic E-state index is 4.54. The van der Waals surface area contributed by atoms with Crippen molar-refractivity contribution < 1.29 is 0 Å². The number of hydrogen-bond acceptors (Lipinski definition) is 3. The van der Waals surface area contributed by atoms with Crippen LogP contribution >= 0.6 is 0 Å². The molecule has 0 radical (unpaired) electrons. The molecule has 2 atom stereocenters. The fourth-order valence-corrected chi connectivity index (χ4v) is 2.86. The predicted octanol–water partition coefficient (Wildman–Crippen LogP) is 2.89. The standard InChI is InChI=1S/C14H20N4/c1-10-5-3-7-12(10)9-15-14-16-13-11(2)6-4-8-18(13)17-14/h4,6,8,10,12H,3,5,7,9H2,1-2H3,(H,15,17). The number of nitrogens with one attached hydrogen (secondary N) is 1. The van der Waals surface area contributed by atoms with Crippen LogP contribution in [-0.2, 0) is 0 Å². The molecule has 1 fully saturated rings. The van der Waals surface area contributed by atoms with Crippen LogP contribution in [0.2, 0.25) is 0 Å². The molecular weight excluding hydrogens is 224 g/mol. The topological polar surface area (TPSA) is 42.2 Å². The van der Waals surface area contributed by atoms with Crippen molar-refractivity contribution in [2.45, 2.75) is 33.1 Å². The van der Waals surface area contributed by atoms with Crippen LogP contribution in [0.1, 0.15) is 31.7 Å². The Hall–Kier alpha value is -1.58. The molecule has 1 N–H and O–H groups in total. The fraction of sp³-hybridized carbons (Fsp3) is 0.571. The van der Waals surface area contributed by atoms with Gasteiger partial charge in [-0.1, -0.05) is 25.8 Å². The molecule has 4 nitrogen and oxygen atoms in total. The van der Waals surface area contributed by atoms with Crippen LogP contribution in [0.3, 0.4) is 0 Å². The van der Waals surface area contributed by atoms with Gasteiger partial charge >= 0.3 is 0 Å². The number of nitrogens with zero attached hydrogens (tertiary/aromatic N) is 3. The first-order valence-electron chi connectivity index (χ1n) is 6.80. The number of anilines is 1. The molecule has 1 aliphatic rings. The molecule has 96 valence electrons. The van der Waals surface area contributed by atoms with Gasteiger partial charge in [-0.15, -0.1) is 5.10 Å². The second-order valence-electron chi connectivity index (χ2n) is 5.44. The maximum atomic E-state index is 4.54. The first kappa shape index (κ1) is 11.5. The Labute approximate surface area is 107 Å². The average molecular weight is 244 g/mol. The Morgan fingerprint density at radius 1 is 1.44 bits per heavy atom. The molecule has 0 aliphatic heterocycles. The number of hydrogen-bond donors (Lipinski definition) is 1. The summed E-state index contributed by atoms with van der Waals surface area (Å²) in [4.78, 5) is 4.54. The maximum Gasteiger partial charge on any atom is 0.243 e. The van der Waals surface area contributed by atoms with E-state index >= 15 is 0 Å². The highest BCUT2D eigenvalue weighted by Crippen LogP contribution is 2.30. The smallest absolute Gasteiger partial charge is 0.243 e. The Balaban J connectivity index is 1.73. The van der Waals surface area contributed by atoms with Crippen LogP contribution in [0.4, 0.5) is 5.95 Å². The van der Waals surface area contributed by atoms with Crippen molar-refractivity contribution in [3.63, 3.8) is 0 Å². The van der Waals surface area contributed by atoms with E-state index in [0.29, 0.717) is 0 Å². The van der Waals surface area contributed by atoms with E-state index in [-0.39, 0.29) is 0 Å². The van der Waals surface area contributed by atoms with Crippen LogP contribution in [0, 0.1) is 18.8 Å². The molecule has 4 heteroatoms. The molecule has 0 amide bonds. The molecule has 0 saturated heterocycles. The van der Waals surface area contributed by atoms with Gasteiger partial charge in [0.25, 0.3) is 0 Å². The van der Waals surface area contributed by atoms with Crippen molar-refractivity contribution in [3.05, 3.63) is 23.9 Å². The van der Waals surface area contributed by atoms with Gasteiger partial charge in [0.15, 0.2) is 5.65 Å². The van der Waals surface area contributed by atoms with Crippen molar-refractivity contribution in [1.82, 2.24) is 14.6 Å². The van der Waals surface area contributed by atoms with Gasteiger partial charge in [0.1, 0.15) is 0 Å². The van der Waals surface area contributed by atoms with E-state index in [4.69, 9.17) is 0 Å². The SMILES string of the molecule is Cc1cccn2nc(NCC3CCCC3C)nc12. The summed E-state index contributed by atoms with van der Waals surface area (Å²) in [6, 6.07) is 4.06. The summed E-state index contributed by atoms with van der Waals surface area (Å²) in [5.41, 5.74) is 2.10. The van der Waals surface area contributed by atoms with Gasteiger partial charge in [0.2, 0.25) is 5.95 Å². The van der Waals surface area contributed by atoms with E-state index in [1.165, 1.54) is 19.3 Å². The molecule has 0 bridgehead atoms. The molecule has 2 aromatic rings. The highest BCUT2D eigenvalue weighted by molar-refractivity contribution is 5.49. The van der Waals surface area contributed by atoms with E-state index in [1.54, 1.807) is 0 Å². The Morgan fingerprint density at radius 3 is 3.06 bits per heavy atom. The van der Waals surface area contributed by atoms with Crippen LogP contribution in [0.25, 0.3) is 5.65 Å². The quantitative estimate of drug-likeness (QED) is 0.902. The summed E-state index contributed by atoms with van der Waals surface area (Å²) < 4.78 is 1.84. The Kier molecular flexibility index (Phi) is 2.94. The highest BCUT2D eigenvalue weighted by atomic mass is 15.3. The van der Waals surface area contributed by atoms with Crippen molar-refractivity contribution in [2.75, 3.05) is 11.9 Å². The van der Waals surface area contributed by atoms with Crippen molar-refractivity contribution in [2.24, 2.45) is 11.8 Å². The van der Waals surface area contributed by atoms with E-state index in [2.05, 4.69) is 35.3 Å². The van der Waals surface area contributed by atoms with Gasteiger partial charge in [0, 0.05) is 12.7 Å². The van der Waals surface area contributed by atoms with Crippen LogP contribution < -0.4 is 5.32 Å². The number of aromatic nitrogens is 3. The Morgan fingerprint density at radius 2 is 2.33 bits per heavy atom. The lowest BCUT2D eigenvalue weighted by Crippen LogP contribution is -2.17. The monoisotopic (exact) mass is 244 g/mol. The minimum Gasteiger partial charge on any atom is -0.353 e. The van der Waals surface area contributed by atoms with E-state index in [9.17, 15) is 0 Å². The van der Waals surface area contributed by atoms with E-state index in [1.807, 2.05) is 16.8 Å². The molecule has 2 heterocycles. The molecule has 18 heavy (non-hydrogen) atoms. The third-order valence-corrected chi connectivity index (χ3v) is 4.12. The first-order valence-corrected chi connectivity index (χ1v) is 6.80. The lowest BCUT2D eigenvalue weighted by Gasteiger charge is -2.14. The summed E-state index contributed by atoms with van der Waals surface area (Å²) in [5.74, 6) is 2.36. The third-order valence-electron chi connectivity index (χ3n) is 4.12. The van der Waals surface area contributed by atoms with Gasteiger partial charge in [-0.05, 0) is 36.8 Å². The van der Waals surface area contributed by atoms with Crippen LogP contribution in [0.5, 0.6) is 0 Å². The highest BCUT2D eigenvalue weighted by Gasteiger charge is 2.23. The number of fused-ring (bicyclic) bond motifs is 1. The number of aryl methyl sites for hydroxylation is 1. The summed E-state index contributed by atoms with van der Waals surface area (Å²) in [7, 11) is 0. The molecular formula is C14H20N4. The third kappa shape index (κ3) is 2.07. The lowest BCUT2D eigenvalue weighted by atomic mass is 9.98. The fourth-order valence-electron chi connectivity index (χ4n) is 2.86. The van der Waals surface area contributed by atoms with Crippen molar-refractivity contribution in [1.29, 1.82) is 0 Å². The molecule has 0 aromatic carbocycles. The number of rotatable bonds is 3. The second-order valence-corrected chi connectivity index (χ2v) is 5.44. The molecule has 1 aliphatic carbocycles. The lowest BCUT2D eigenvalue weighted by molar-refractivity contribution is 0.439. The molecule has 1 saturated carbocycles. The van der Waals surface area contributed by atoms with Gasteiger partial charge in [-0.2, -0.15) is 4.98 Å². The van der Waals surface area contributed by atoms with Gasteiger partial charge in [0.05, 0.1) is 0 Å². The Bertz CT molecular complexity index is 546. The molecule has 3 rings (SSSR count). The molecule has 0 spiro atoms. The summed E-state index contributed by atoms with van der Waals surface area (Å²) in [6.45, 7) is 5.41. The van der Waals surface area contributed by atoms with Crippen molar-refractivity contribution in [3.8, 4) is 0 Å². The normalized spacial score (nSPS) is 23.7. The molecule has 2 aromatic heterocycles. The zero-order valence-electron chi connectivity index (χ0n) is 11.1. The second kappa shape index (κ2) is 4.59. The first-order chi connectivity index (χ1) is 8.74. The van der Waals surface area contributed by atoms with Crippen molar-refractivity contribution >= 4 is 11.6 Å². The summed E-state index contributed by atoms with van der Waals surface area (Å²) in [5, 5.41) is 7.84. The summed E-state index contributed by atoms with van der Waals surface area (Å²) in [6.07, 6.45) is 6.01. The minimum absolute atomic E-state index is 0.753. The minimum atomic E-state index is 0.753. The largest absolute Gasteiger partial charge is 0.353 e. The number of pyridine rings is 1. The molecule has 2 unspecified atom stereocenters.